The van der Waals surface area contributed by atoms with Gasteiger partial charge in [0.1, 0.15) is 5.75 Å². The Bertz CT molecular complexity index is 443. The predicted octanol–water partition coefficient (Wildman–Crippen LogP) is 3.02. The molecule has 0 bridgehead atoms. The summed E-state index contributed by atoms with van der Waals surface area (Å²) in [5.74, 6) is 1.74. The highest BCUT2D eigenvalue weighted by atomic mass is 16.5. The molecule has 0 amide bonds. The number of para-hydroxylation sites is 1. The van der Waals surface area contributed by atoms with Crippen molar-refractivity contribution in [1.29, 1.82) is 0 Å². The van der Waals surface area contributed by atoms with Crippen molar-refractivity contribution in [2.45, 2.75) is 44.6 Å². The van der Waals surface area contributed by atoms with Gasteiger partial charge in [-0.15, -0.1) is 0 Å². The zero-order valence-electron chi connectivity index (χ0n) is 13.2. The van der Waals surface area contributed by atoms with Crippen LogP contribution in [0.15, 0.2) is 24.3 Å². The smallest absolute Gasteiger partial charge is 0.122 e. The van der Waals surface area contributed by atoms with Crippen molar-refractivity contribution in [1.82, 2.24) is 10.2 Å². The average molecular weight is 288 g/mol. The molecule has 1 aromatic rings. The minimum absolute atomic E-state index is 0.636. The van der Waals surface area contributed by atoms with Gasteiger partial charge in [-0.25, -0.2) is 0 Å². The van der Waals surface area contributed by atoms with Crippen molar-refractivity contribution in [3.63, 3.8) is 0 Å². The Kier molecular flexibility index (Phi) is 5.15. The van der Waals surface area contributed by atoms with Crippen molar-refractivity contribution in [2.75, 3.05) is 32.8 Å². The third-order valence-corrected chi connectivity index (χ3v) is 4.87. The maximum atomic E-state index is 5.81. The van der Waals surface area contributed by atoms with Gasteiger partial charge in [0.15, 0.2) is 0 Å². The molecule has 0 aromatic heterocycles. The van der Waals surface area contributed by atoms with Crippen LogP contribution in [0.5, 0.6) is 5.75 Å². The monoisotopic (exact) mass is 288 g/mol. The van der Waals surface area contributed by atoms with E-state index in [0.29, 0.717) is 5.92 Å². The number of nitrogens with one attached hydrogen (secondary N) is 1. The summed E-state index contributed by atoms with van der Waals surface area (Å²) in [5.41, 5.74) is 1.42. The van der Waals surface area contributed by atoms with Crippen LogP contribution in [0.2, 0.25) is 0 Å². The number of piperidine rings is 1. The van der Waals surface area contributed by atoms with Gasteiger partial charge in [0.2, 0.25) is 0 Å². The molecule has 1 saturated heterocycles. The molecule has 0 spiro atoms. The number of hydrogen-bond acceptors (Lipinski definition) is 3. The van der Waals surface area contributed by atoms with E-state index in [1.807, 2.05) is 0 Å². The summed E-state index contributed by atoms with van der Waals surface area (Å²) in [6, 6.07) is 9.37. The fraction of sp³-hybridized carbons (Fsp3) is 0.667. The van der Waals surface area contributed by atoms with Crippen LogP contribution in [0.1, 0.15) is 44.1 Å². The highest BCUT2D eigenvalue weighted by molar-refractivity contribution is 5.37. The second-order valence-electron chi connectivity index (χ2n) is 6.35. The lowest BCUT2D eigenvalue weighted by atomic mass is 9.91. The van der Waals surface area contributed by atoms with E-state index in [9.17, 15) is 0 Å². The van der Waals surface area contributed by atoms with E-state index in [4.69, 9.17) is 4.74 Å². The number of ether oxygens (including phenoxy) is 1. The quantitative estimate of drug-likeness (QED) is 0.901. The second-order valence-corrected chi connectivity index (χ2v) is 6.35. The van der Waals surface area contributed by atoms with E-state index >= 15 is 0 Å². The maximum Gasteiger partial charge on any atom is 0.122 e. The Morgan fingerprint density at radius 1 is 1.19 bits per heavy atom. The van der Waals surface area contributed by atoms with Crippen molar-refractivity contribution >= 4 is 0 Å². The van der Waals surface area contributed by atoms with E-state index in [0.717, 1.165) is 24.8 Å². The van der Waals surface area contributed by atoms with E-state index in [1.165, 1.54) is 51.0 Å². The fourth-order valence-corrected chi connectivity index (χ4v) is 3.77. The Morgan fingerprint density at radius 3 is 2.81 bits per heavy atom. The molecule has 0 aliphatic carbocycles. The first-order valence-corrected chi connectivity index (χ1v) is 8.55. The van der Waals surface area contributed by atoms with E-state index in [-0.39, 0.29) is 0 Å². The largest absolute Gasteiger partial charge is 0.493 e. The molecule has 3 nitrogen and oxygen atoms in total. The summed E-state index contributed by atoms with van der Waals surface area (Å²) in [6.45, 7) is 7.94. The van der Waals surface area contributed by atoms with Gasteiger partial charge in [0, 0.05) is 18.5 Å². The molecule has 2 heterocycles. The third-order valence-electron chi connectivity index (χ3n) is 4.87. The average Bonchev–Trinajstić information content (AvgIpc) is 2.55. The summed E-state index contributed by atoms with van der Waals surface area (Å²) in [6.07, 6.45) is 4.99. The highest BCUT2D eigenvalue weighted by Gasteiger charge is 2.27. The standard InChI is InChI=1S/C18H28N2O/c1-2-12-20(16-7-10-19-11-8-16)14-15-9-13-21-18-6-4-3-5-17(15)18/h3-6,15-16,19H,2,7-14H2,1H3. The number of rotatable bonds is 5. The molecule has 1 aromatic carbocycles. The molecular weight excluding hydrogens is 260 g/mol. The Balaban J connectivity index is 1.71. The molecule has 2 aliphatic rings. The van der Waals surface area contributed by atoms with Crippen LogP contribution in [-0.4, -0.2) is 43.7 Å². The normalized spacial score (nSPS) is 22.9. The lowest BCUT2D eigenvalue weighted by Gasteiger charge is -2.38. The summed E-state index contributed by atoms with van der Waals surface area (Å²) < 4.78 is 5.81. The topological polar surface area (TPSA) is 24.5 Å². The van der Waals surface area contributed by atoms with Gasteiger partial charge >= 0.3 is 0 Å². The van der Waals surface area contributed by atoms with Crippen LogP contribution in [0.25, 0.3) is 0 Å². The van der Waals surface area contributed by atoms with Gasteiger partial charge in [-0.05, 0) is 56.9 Å². The number of benzene rings is 1. The predicted molar refractivity (Wildman–Crippen MR) is 87.1 cm³/mol. The van der Waals surface area contributed by atoms with E-state index < -0.39 is 0 Å². The first-order chi connectivity index (χ1) is 10.4. The van der Waals surface area contributed by atoms with Crippen LogP contribution >= 0.6 is 0 Å². The lowest BCUT2D eigenvalue weighted by Crippen LogP contribution is -2.45. The van der Waals surface area contributed by atoms with Gasteiger partial charge in [0.25, 0.3) is 0 Å². The first kappa shape index (κ1) is 14.9. The first-order valence-electron chi connectivity index (χ1n) is 8.55. The van der Waals surface area contributed by atoms with Crippen LogP contribution in [-0.2, 0) is 0 Å². The molecule has 1 fully saturated rings. The molecule has 116 valence electrons. The summed E-state index contributed by atoms with van der Waals surface area (Å²) in [5, 5.41) is 3.48. The van der Waals surface area contributed by atoms with E-state index in [2.05, 4.69) is 41.4 Å². The number of nitrogens with zero attached hydrogens (tertiary/aromatic N) is 1. The van der Waals surface area contributed by atoms with Crippen LogP contribution in [0.4, 0.5) is 0 Å². The molecule has 1 N–H and O–H groups in total. The zero-order chi connectivity index (χ0) is 14.5. The molecule has 3 rings (SSSR count). The zero-order valence-corrected chi connectivity index (χ0v) is 13.2. The van der Waals surface area contributed by atoms with E-state index in [1.54, 1.807) is 0 Å². The molecular formula is C18H28N2O. The minimum atomic E-state index is 0.636. The third kappa shape index (κ3) is 3.58. The summed E-state index contributed by atoms with van der Waals surface area (Å²) in [7, 11) is 0. The maximum absolute atomic E-state index is 5.81. The SMILES string of the molecule is CCCN(CC1CCOc2ccccc21)C1CCNCC1. The lowest BCUT2D eigenvalue weighted by molar-refractivity contribution is 0.139. The molecule has 0 saturated carbocycles. The molecule has 21 heavy (non-hydrogen) atoms. The summed E-state index contributed by atoms with van der Waals surface area (Å²) in [4.78, 5) is 2.74. The van der Waals surface area contributed by atoms with Gasteiger partial charge in [0.05, 0.1) is 6.61 Å². The summed E-state index contributed by atoms with van der Waals surface area (Å²) >= 11 is 0. The molecule has 2 aliphatic heterocycles. The van der Waals surface area contributed by atoms with Crippen molar-refractivity contribution in [2.24, 2.45) is 0 Å². The van der Waals surface area contributed by atoms with Crippen LogP contribution in [0, 0.1) is 0 Å². The Morgan fingerprint density at radius 2 is 2.00 bits per heavy atom. The Labute approximate surface area is 128 Å². The van der Waals surface area contributed by atoms with Crippen LogP contribution < -0.4 is 10.1 Å². The van der Waals surface area contributed by atoms with Gasteiger partial charge in [-0.3, -0.25) is 4.90 Å². The number of hydrogen-bond donors (Lipinski definition) is 1. The molecule has 3 heteroatoms. The van der Waals surface area contributed by atoms with Gasteiger partial charge in [-0.2, -0.15) is 0 Å². The Hall–Kier alpha value is -1.06. The number of fused-ring (bicyclic) bond motifs is 1. The molecule has 1 atom stereocenters. The van der Waals surface area contributed by atoms with Crippen molar-refractivity contribution in [3.05, 3.63) is 29.8 Å². The van der Waals surface area contributed by atoms with Crippen molar-refractivity contribution < 1.29 is 4.74 Å². The fourth-order valence-electron chi connectivity index (χ4n) is 3.77. The van der Waals surface area contributed by atoms with Gasteiger partial charge < -0.3 is 10.1 Å². The van der Waals surface area contributed by atoms with Crippen LogP contribution in [0.3, 0.4) is 0 Å². The van der Waals surface area contributed by atoms with Gasteiger partial charge in [-0.1, -0.05) is 25.1 Å². The highest BCUT2D eigenvalue weighted by Crippen LogP contribution is 2.34. The molecule has 1 unspecified atom stereocenters. The van der Waals surface area contributed by atoms with Crippen molar-refractivity contribution in [3.8, 4) is 5.75 Å². The minimum Gasteiger partial charge on any atom is -0.493 e. The second kappa shape index (κ2) is 7.28. The molecule has 0 radical (unpaired) electrons.